The fourth-order valence-electron chi connectivity index (χ4n) is 1.72. The van der Waals surface area contributed by atoms with Crippen LogP contribution in [0, 0.1) is 0 Å². The molecule has 0 fully saturated rings. The van der Waals surface area contributed by atoms with Gasteiger partial charge in [-0.15, -0.1) is 0 Å². The van der Waals surface area contributed by atoms with Gasteiger partial charge in [-0.05, 0) is 37.6 Å². The van der Waals surface area contributed by atoms with Crippen LogP contribution in [0.15, 0.2) is 29.2 Å². The SMILES string of the molecule is CCCC(=O)C(C)(OS(=O)(=O)c1ccc(Cl)cc1)C(=O)OC. The zero-order chi connectivity index (χ0) is 17.0. The third-order valence-electron chi connectivity index (χ3n) is 2.96. The molecule has 22 heavy (non-hydrogen) atoms. The number of Topliss-reactive ketones (excluding diaryl/α,β-unsaturated/α-hetero) is 1. The van der Waals surface area contributed by atoms with Crippen molar-refractivity contribution in [3.63, 3.8) is 0 Å². The number of benzene rings is 1. The van der Waals surface area contributed by atoms with Crippen molar-refractivity contribution in [2.24, 2.45) is 0 Å². The Morgan fingerprint density at radius 3 is 2.23 bits per heavy atom. The van der Waals surface area contributed by atoms with Crippen molar-refractivity contribution in [3.05, 3.63) is 29.3 Å². The zero-order valence-electron chi connectivity index (χ0n) is 12.5. The van der Waals surface area contributed by atoms with Gasteiger partial charge >= 0.3 is 5.97 Å². The van der Waals surface area contributed by atoms with Crippen LogP contribution < -0.4 is 0 Å². The van der Waals surface area contributed by atoms with Crippen LogP contribution in [-0.4, -0.2) is 32.9 Å². The summed E-state index contributed by atoms with van der Waals surface area (Å²) in [5.74, 6) is -1.73. The third-order valence-corrected chi connectivity index (χ3v) is 4.62. The summed E-state index contributed by atoms with van der Waals surface area (Å²) in [6.07, 6.45) is 0.428. The van der Waals surface area contributed by atoms with Crippen molar-refractivity contribution in [2.75, 3.05) is 7.11 Å². The van der Waals surface area contributed by atoms with E-state index in [1.807, 2.05) is 0 Å². The van der Waals surface area contributed by atoms with Gasteiger partial charge in [-0.3, -0.25) is 4.79 Å². The van der Waals surface area contributed by atoms with Gasteiger partial charge in [0.25, 0.3) is 10.1 Å². The maximum absolute atomic E-state index is 12.3. The topological polar surface area (TPSA) is 86.7 Å². The predicted octanol–water partition coefficient (Wildman–Crippen LogP) is 2.35. The summed E-state index contributed by atoms with van der Waals surface area (Å²) in [5.41, 5.74) is -2.22. The summed E-state index contributed by atoms with van der Waals surface area (Å²) in [4.78, 5) is 23.8. The number of halogens is 1. The highest BCUT2D eigenvalue weighted by atomic mass is 35.5. The van der Waals surface area contributed by atoms with Gasteiger partial charge < -0.3 is 4.74 Å². The maximum Gasteiger partial charge on any atom is 0.347 e. The van der Waals surface area contributed by atoms with Gasteiger partial charge in [0.15, 0.2) is 5.78 Å². The molecule has 0 N–H and O–H groups in total. The number of carbonyl (C=O) groups is 2. The first kappa shape index (κ1) is 18.6. The molecule has 0 heterocycles. The van der Waals surface area contributed by atoms with Crippen LogP contribution >= 0.6 is 11.6 Å². The van der Waals surface area contributed by atoms with Crippen molar-refractivity contribution < 1.29 is 26.9 Å². The lowest BCUT2D eigenvalue weighted by atomic mass is 9.98. The van der Waals surface area contributed by atoms with Crippen molar-refractivity contribution in [2.45, 2.75) is 37.2 Å². The lowest BCUT2D eigenvalue weighted by Crippen LogP contribution is -2.48. The number of hydrogen-bond donors (Lipinski definition) is 0. The summed E-state index contributed by atoms with van der Waals surface area (Å²) >= 11 is 5.70. The largest absolute Gasteiger partial charge is 0.467 e. The molecular formula is C14H17ClO6S. The second-order valence-corrected chi connectivity index (χ2v) is 6.67. The lowest BCUT2D eigenvalue weighted by molar-refractivity contribution is -0.163. The predicted molar refractivity (Wildman–Crippen MR) is 80.1 cm³/mol. The molecule has 0 aromatic heterocycles. The molecule has 8 heteroatoms. The fraction of sp³-hybridized carbons (Fsp3) is 0.429. The van der Waals surface area contributed by atoms with Gasteiger partial charge in [0.05, 0.1) is 12.0 Å². The average Bonchev–Trinajstić information content (AvgIpc) is 2.46. The Bertz CT molecular complexity index is 652. The van der Waals surface area contributed by atoms with E-state index in [1.54, 1.807) is 6.92 Å². The Morgan fingerprint density at radius 1 is 1.23 bits per heavy atom. The molecule has 0 aliphatic rings. The van der Waals surface area contributed by atoms with E-state index < -0.39 is 27.5 Å². The third kappa shape index (κ3) is 4.06. The van der Waals surface area contributed by atoms with Crippen LogP contribution in [-0.2, 0) is 28.6 Å². The van der Waals surface area contributed by atoms with Crippen molar-refractivity contribution in [3.8, 4) is 0 Å². The molecule has 1 aromatic rings. The monoisotopic (exact) mass is 348 g/mol. The highest BCUT2D eigenvalue weighted by Crippen LogP contribution is 2.25. The van der Waals surface area contributed by atoms with E-state index in [0.29, 0.717) is 11.4 Å². The molecule has 0 spiro atoms. The number of hydrogen-bond acceptors (Lipinski definition) is 6. The lowest BCUT2D eigenvalue weighted by Gasteiger charge is -2.24. The maximum atomic E-state index is 12.3. The van der Waals surface area contributed by atoms with E-state index in [-0.39, 0.29) is 11.3 Å². The van der Waals surface area contributed by atoms with E-state index in [0.717, 1.165) is 14.0 Å². The molecule has 0 aliphatic heterocycles. The molecule has 1 aromatic carbocycles. The van der Waals surface area contributed by atoms with E-state index in [4.69, 9.17) is 15.8 Å². The second kappa shape index (κ2) is 7.21. The van der Waals surface area contributed by atoms with Crippen LogP contribution in [0.3, 0.4) is 0 Å². The average molecular weight is 349 g/mol. The standard InChI is InChI=1S/C14H17ClO6S/c1-4-5-12(16)14(2,13(17)20-3)21-22(18,19)11-8-6-10(15)7-9-11/h6-9H,4-5H2,1-3H3. The van der Waals surface area contributed by atoms with Gasteiger partial charge in [-0.1, -0.05) is 18.5 Å². The Labute approximate surface area is 134 Å². The zero-order valence-corrected chi connectivity index (χ0v) is 14.0. The Balaban J connectivity index is 3.20. The van der Waals surface area contributed by atoms with E-state index in [9.17, 15) is 18.0 Å². The van der Waals surface area contributed by atoms with E-state index in [2.05, 4.69) is 4.74 Å². The Kier molecular flexibility index (Phi) is 6.10. The summed E-state index contributed by atoms with van der Waals surface area (Å²) < 4.78 is 34.0. The Hall–Kier alpha value is -1.44. The minimum Gasteiger partial charge on any atom is -0.467 e. The molecule has 0 saturated carbocycles. The normalized spacial score (nSPS) is 14.2. The van der Waals surface area contributed by atoms with E-state index >= 15 is 0 Å². The highest BCUT2D eigenvalue weighted by Gasteiger charge is 2.47. The van der Waals surface area contributed by atoms with Crippen LogP contribution in [0.25, 0.3) is 0 Å². The minimum absolute atomic E-state index is 0.0122. The van der Waals surface area contributed by atoms with Crippen molar-refractivity contribution in [1.82, 2.24) is 0 Å². The molecule has 0 radical (unpaired) electrons. The molecule has 0 amide bonds. The molecular weight excluding hydrogens is 332 g/mol. The number of esters is 1. The second-order valence-electron chi connectivity index (χ2n) is 4.69. The summed E-state index contributed by atoms with van der Waals surface area (Å²) in [6.45, 7) is 2.81. The number of methoxy groups -OCH3 is 1. The summed E-state index contributed by atoms with van der Waals surface area (Å²) in [6, 6.07) is 5.17. The first-order valence-electron chi connectivity index (χ1n) is 6.50. The quantitative estimate of drug-likeness (QED) is 0.427. The molecule has 122 valence electrons. The van der Waals surface area contributed by atoms with Crippen LogP contribution in [0.5, 0.6) is 0 Å². The van der Waals surface area contributed by atoms with Gasteiger partial charge in [0.2, 0.25) is 5.60 Å². The van der Waals surface area contributed by atoms with Crippen LogP contribution in [0.4, 0.5) is 0 Å². The summed E-state index contributed by atoms with van der Waals surface area (Å²) in [5, 5.41) is 0.344. The van der Waals surface area contributed by atoms with Gasteiger partial charge in [-0.2, -0.15) is 8.42 Å². The number of rotatable bonds is 7. The van der Waals surface area contributed by atoms with Gasteiger partial charge in [0, 0.05) is 11.4 Å². The first-order valence-corrected chi connectivity index (χ1v) is 8.29. The van der Waals surface area contributed by atoms with Gasteiger partial charge in [-0.25, -0.2) is 8.98 Å². The minimum atomic E-state index is -4.33. The molecule has 1 unspecified atom stereocenters. The fourth-order valence-corrected chi connectivity index (χ4v) is 3.01. The molecule has 6 nitrogen and oxygen atoms in total. The molecule has 1 atom stereocenters. The number of ether oxygens (including phenoxy) is 1. The van der Waals surface area contributed by atoms with Crippen molar-refractivity contribution >= 4 is 33.5 Å². The molecule has 0 aliphatic carbocycles. The number of ketones is 1. The van der Waals surface area contributed by atoms with Crippen LogP contribution in [0.2, 0.25) is 5.02 Å². The van der Waals surface area contributed by atoms with Gasteiger partial charge in [0.1, 0.15) is 0 Å². The first-order chi connectivity index (χ1) is 10.2. The highest BCUT2D eigenvalue weighted by molar-refractivity contribution is 7.86. The van der Waals surface area contributed by atoms with Crippen molar-refractivity contribution in [1.29, 1.82) is 0 Å². The van der Waals surface area contributed by atoms with Crippen LogP contribution in [0.1, 0.15) is 26.7 Å². The Morgan fingerprint density at radius 2 is 1.77 bits per heavy atom. The molecule has 0 bridgehead atoms. The smallest absolute Gasteiger partial charge is 0.347 e. The number of carbonyl (C=O) groups excluding carboxylic acids is 2. The summed E-state index contributed by atoms with van der Waals surface area (Å²) in [7, 11) is -3.28. The molecule has 1 rings (SSSR count). The molecule has 0 saturated heterocycles. The van der Waals surface area contributed by atoms with E-state index in [1.165, 1.54) is 24.3 Å².